The van der Waals surface area contributed by atoms with Gasteiger partial charge in [0.2, 0.25) is 0 Å². The van der Waals surface area contributed by atoms with Crippen molar-refractivity contribution in [2.45, 2.75) is 84.7 Å². The summed E-state index contributed by atoms with van der Waals surface area (Å²) in [5, 5.41) is 0. The van der Waals surface area contributed by atoms with Crippen LogP contribution in [0.3, 0.4) is 0 Å². The summed E-state index contributed by atoms with van der Waals surface area (Å²) in [6.45, 7) is 8.13. The minimum atomic E-state index is -0.429. The van der Waals surface area contributed by atoms with Gasteiger partial charge in [-0.2, -0.15) is 0 Å². The molecule has 6 atom stereocenters. The fourth-order valence-corrected chi connectivity index (χ4v) is 7.36. The van der Waals surface area contributed by atoms with E-state index in [-0.39, 0.29) is 28.2 Å². The van der Waals surface area contributed by atoms with E-state index < -0.39 is 5.83 Å². The zero-order chi connectivity index (χ0) is 18.9. The summed E-state index contributed by atoms with van der Waals surface area (Å²) in [7, 11) is 0. The highest BCUT2D eigenvalue weighted by Crippen LogP contribution is 2.68. The Balaban J connectivity index is 1.68. The quantitative estimate of drug-likeness (QED) is 0.607. The van der Waals surface area contributed by atoms with E-state index in [4.69, 9.17) is 4.74 Å². The molecule has 0 N–H and O–H groups in total. The zero-order valence-corrected chi connectivity index (χ0v) is 16.5. The van der Waals surface area contributed by atoms with Crippen LogP contribution in [0.25, 0.3) is 0 Å². The van der Waals surface area contributed by atoms with Gasteiger partial charge < -0.3 is 4.74 Å². The van der Waals surface area contributed by atoms with E-state index in [2.05, 4.69) is 20.8 Å². The molecule has 1 unspecified atom stereocenters. The van der Waals surface area contributed by atoms with Gasteiger partial charge in [-0.15, -0.1) is 0 Å². The number of ether oxygens (including phenoxy) is 1. The lowest BCUT2D eigenvalue weighted by Gasteiger charge is -2.59. The third-order valence-electron chi connectivity index (χ3n) is 8.95. The number of Topliss-reactive ketones (excluding diaryl/α,β-unsaturated/α-hetero) is 1. The largest absolute Gasteiger partial charge is 0.459 e. The molecule has 3 saturated carbocycles. The minimum Gasteiger partial charge on any atom is -0.459 e. The van der Waals surface area contributed by atoms with Crippen LogP contribution < -0.4 is 0 Å². The molecule has 4 rings (SSSR count). The Morgan fingerprint density at radius 1 is 1.04 bits per heavy atom. The van der Waals surface area contributed by atoms with Crippen molar-refractivity contribution in [1.82, 2.24) is 0 Å². The SMILES string of the molecule is CC(=O)OC1(C)CC[C@H]2[C@@H]3CCC4=C(F)C(=O)CC[C@]4(C)[C@@H]3CC[C@@]21C. The van der Waals surface area contributed by atoms with Crippen LogP contribution in [0.4, 0.5) is 4.39 Å². The van der Waals surface area contributed by atoms with Gasteiger partial charge in [-0.1, -0.05) is 13.8 Å². The predicted molar refractivity (Wildman–Crippen MR) is 96.9 cm³/mol. The van der Waals surface area contributed by atoms with Crippen molar-refractivity contribution >= 4 is 11.8 Å². The Hall–Kier alpha value is -1.19. The lowest BCUT2D eigenvalue weighted by molar-refractivity contribution is -0.177. The lowest BCUT2D eigenvalue weighted by Crippen LogP contribution is -2.55. The number of fused-ring (bicyclic) bond motifs is 5. The van der Waals surface area contributed by atoms with Crippen LogP contribution in [0, 0.1) is 28.6 Å². The smallest absolute Gasteiger partial charge is 0.303 e. The molecule has 4 aliphatic carbocycles. The van der Waals surface area contributed by atoms with Gasteiger partial charge >= 0.3 is 5.97 Å². The second-order valence-electron chi connectivity index (χ2n) is 9.87. The van der Waals surface area contributed by atoms with Crippen LogP contribution in [-0.4, -0.2) is 17.4 Å². The van der Waals surface area contributed by atoms with Crippen LogP contribution in [0.5, 0.6) is 0 Å². The summed E-state index contributed by atoms with van der Waals surface area (Å²) < 4.78 is 20.5. The van der Waals surface area contributed by atoms with Crippen LogP contribution >= 0.6 is 0 Å². The van der Waals surface area contributed by atoms with E-state index in [9.17, 15) is 14.0 Å². The summed E-state index contributed by atoms with van der Waals surface area (Å²) in [4.78, 5) is 23.6. The van der Waals surface area contributed by atoms with Crippen LogP contribution in [0.2, 0.25) is 0 Å². The number of allylic oxidation sites excluding steroid dienone is 1. The predicted octanol–water partition coefficient (Wildman–Crippen LogP) is 5.14. The minimum absolute atomic E-state index is 0.000442. The fourth-order valence-electron chi connectivity index (χ4n) is 7.36. The third kappa shape index (κ3) is 2.23. The third-order valence-corrected chi connectivity index (χ3v) is 8.95. The molecule has 0 aromatic rings. The summed E-state index contributed by atoms with van der Waals surface area (Å²) in [5.74, 6) is 0.597. The second kappa shape index (κ2) is 5.65. The van der Waals surface area contributed by atoms with Gasteiger partial charge in [0.05, 0.1) is 0 Å². The molecule has 0 aromatic heterocycles. The Labute approximate surface area is 155 Å². The average Bonchev–Trinajstić information content (AvgIpc) is 2.82. The van der Waals surface area contributed by atoms with Crippen LogP contribution in [-0.2, 0) is 14.3 Å². The number of carbonyl (C=O) groups is 2. The van der Waals surface area contributed by atoms with Gasteiger partial charge in [0.1, 0.15) is 5.60 Å². The zero-order valence-electron chi connectivity index (χ0n) is 16.5. The first-order valence-electron chi connectivity index (χ1n) is 10.2. The monoisotopic (exact) mass is 362 g/mol. The van der Waals surface area contributed by atoms with Gasteiger partial charge in [-0.25, -0.2) is 4.39 Å². The van der Waals surface area contributed by atoms with E-state index in [0.717, 1.165) is 44.1 Å². The highest BCUT2D eigenvalue weighted by molar-refractivity contribution is 5.95. The maximum absolute atomic E-state index is 14.6. The molecule has 0 spiro atoms. The van der Waals surface area contributed by atoms with Crippen molar-refractivity contribution in [2.24, 2.45) is 28.6 Å². The lowest BCUT2D eigenvalue weighted by atomic mass is 9.46. The first-order chi connectivity index (χ1) is 12.1. The normalized spacial score (nSPS) is 47.9. The highest BCUT2D eigenvalue weighted by atomic mass is 19.1. The maximum Gasteiger partial charge on any atom is 0.303 e. The van der Waals surface area contributed by atoms with Crippen LogP contribution in [0.15, 0.2) is 11.4 Å². The fraction of sp³-hybridized carbons (Fsp3) is 0.818. The van der Waals surface area contributed by atoms with Gasteiger partial charge in [0.25, 0.3) is 0 Å². The van der Waals surface area contributed by atoms with Crippen molar-refractivity contribution in [3.63, 3.8) is 0 Å². The van der Waals surface area contributed by atoms with Crippen molar-refractivity contribution in [1.29, 1.82) is 0 Å². The molecule has 0 aromatic carbocycles. The van der Waals surface area contributed by atoms with Crippen molar-refractivity contribution in [2.75, 3.05) is 0 Å². The molecular formula is C22H31FO3. The first kappa shape index (κ1) is 18.2. The molecule has 0 radical (unpaired) electrons. The molecule has 0 heterocycles. The van der Waals surface area contributed by atoms with Gasteiger partial charge in [-0.3, -0.25) is 9.59 Å². The van der Waals surface area contributed by atoms with E-state index in [1.165, 1.54) is 6.92 Å². The first-order valence-corrected chi connectivity index (χ1v) is 10.2. The van der Waals surface area contributed by atoms with Gasteiger partial charge in [-0.05, 0) is 80.6 Å². The molecule has 3 fully saturated rings. The maximum atomic E-state index is 14.6. The highest BCUT2D eigenvalue weighted by Gasteiger charge is 2.64. The number of carbonyl (C=O) groups excluding carboxylic acids is 2. The number of esters is 1. The summed E-state index contributed by atoms with van der Waals surface area (Å²) in [6.07, 6.45) is 6.87. The molecule has 26 heavy (non-hydrogen) atoms. The molecule has 3 nitrogen and oxygen atoms in total. The van der Waals surface area contributed by atoms with E-state index in [0.29, 0.717) is 30.6 Å². The molecule has 0 saturated heterocycles. The Kier molecular flexibility index (Phi) is 3.95. The molecule has 4 heteroatoms. The molecule has 0 aliphatic heterocycles. The Bertz CT molecular complexity index is 698. The van der Waals surface area contributed by atoms with E-state index in [1.54, 1.807) is 0 Å². The molecule has 0 bridgehead atoms. The van der Waals surface area contributed by atoms with Crippen molar-refractivity contribution in [3.05, 3.63) is 11.4 Å². The summed E-state index contributed by atoms with van der Waals surface area (Å²) in [5.41, 5.74) is 0.252. The van der Waals surface area contributed by atoms with E-state index >= 15 is 0 Å². The number of hydrogen-bond acceptors (Lipinski definition) is 3. The Morgan fingerprint density at radius 2 is 1.73 bits per heavy atom. The number of rotatable bonds is 1. The number of ketones is 1. The average molecular weight is 362 g/mol. The Morgan fingerprint density at radius 3 is 2.42 bits per heavy atom. The summed E-state index contributed by atoms with van der Waals surface area (Å²) in [6, 6.07) is 0. The van der Waals surface area contributed by atoms with Crippen molar-refractivity contribution in [3.8, 4) is 0 Å². The molecule has 4 aliphatic rings. The number of halogens is 1. The van der Waals surface area contributed by atoms with E-state index in [1.807, 2.05) is 0 Å². The molecule has 0 amide bonds. The summed E-state index contributed by atoms with van der Waals surface area (Å²) >= 11 is 0. The molecular weight excluding hydrogens is 331 g/mol. The van der Waals surface area contributed by atoms with Crippen molar-refractivity contribution < 1.29 is 18.7 Å². The standard InChI is InChI=1S/C22H31FO3/c1-13(24)26-22(4)12-8-16-14-5-6-17-19(23)18(25)9-10-20(17,2)15(14)7-11-21(16,22)3/h14-16H,5-12H2,1-4H3/t14-,15-,16+,20-,21+,22?/m1/s1. The van der Waals surface area contributed by atoms with Gasteiger partial charge in [0, 0.05) is 18.8 Å². The topological polar surface area (TPSA) is 43.4 Å². The molecule has 144 valence electrons. The second-order valence-corrected chi connectivity index (χ2v) is 9.87. The van der Waals surface area contributed by atoms with Crippen LogP contribution in [0.1, 0.15) is 79.1 Å². The van der Waals surface area contributed by atoms with Gasteiger partial charge in [0.15, 0.2) is 11.6 Å². The number of hydrogen-bond donors (Lipinski definition) is 0.